The highest BCUT2D eigenvalue weighted by Crippen LogP contribution is 2.49. The average molecular weight is 525 g/mol. The molecule has 182 valence electrons. The van der Waals surface area contributed by atoms with Crippen molar-refractivity contribution in [3.63, 3.8) is 0 Å². The number of nitrogens with zero attached hydrogens (tertiary/aromatic N) is 2. The molecule has 1 aliphatic carbocycles. The minimum Gasteiger partial charge on any atom is -0.374 e. The van der Waals surface area contributed by atoms with Crippen LogP contribution in [0.5, 0.6) is 0 Å². The number of nitrogens with one attached hydrogen (secondary N) is 1. The van der Waals surface area contributed by atoms with Crippen molar-refractivity contribution < 1.29 is 14.3 Å². The zero-order valence-corrected chi connectivity index (χ0v) is 21.3. The summed E-state index contributed by atoms with van der Waals surface area (Å²) in [6, 6.07) is 11.8. The molecule has 1 heterocycles. The molecule has 6 nitrogen and oxygen atoms in total. The van der Waals surface area contributed by atoms with Gasteiger partial charge in [-0.3, -0.25) is 9.59 Å². The van der Waals surface area contributed by atoms with Gasteiger partial charge in [-0.05, 0) is 55.3 Å². The predicted molar refractivity (Wildman–Crippen MR) is 134 cm³/mol. The quantitative estimate of drug-likeness (QED) is 0.563. The zero-order chi connectivity index (χ0) is 24.3. The molecule has 2 amide bonds. The van der Waals surface area contributed by atoms with Crippen molar-refractivity contribution in [2.45, 2.75) is 30.9 Å². The fourth-order valence-electron chi connectivity index (χ4n) is 4.22. The molecule has 0 spiro atoms. The molecule has 0 aromatic heterocycles. The van der Waals surface area contributed by atoms with Gasteiger partial charge in [-0.1, -0.05) is 53.0 Å². The Morgan fingerprint density at radius 1 is 1.03 bits per heavy atom. The van der Waals surface area contributed by atoms with Crippen LogP contribution in [0.25, 0.3) is 0 Å². The number of hydrogen-bond acceptors (Lipinski definition) is 4. The Hall–Kier alpha value is -1.83. The van der Waals surface area contributed by atoms with Gasteiger partial charge in [0.1, 0.15) is 6.04 Å². The van der Waals surface area contributed by atoms with Gasteiger partial charge >= 0.3 is 0 Å². The molecule has 34 heavy (non-hydrogen) atoms. The monoisotopic (exact) mass is 523 g/mol. The molecular formula is C25H28Cl3N3O3. The number of benzene rings is 2. The lowest BCUT2D eigenvalue weighted by molar-refractivity contribution is -0.140. The maximum atomic E-state index is 13.4. The van der Waals surface area contributed by atoms with E-state index in [-0.39, 0.29) is 25.0 Å². The van der Waals surface area contributed by atoms with Crippen LogP contribution in [0.3, 0.4) is 0 Å². The summed E-state index contributed by atoms with van der Waals surface area (Å²) in [6.07, 6.45) is 1.34. The third-order valence-corrected chi connectivity index (χ3v) is 7.32. The number of hydrogen-bond donors (Lipinski definition) is 1. The number of ether oxygens (including phenoxy) is 1. The van der Waals surface area contributed by atoms with Crippen LogP contribution in [-0.4, -0.2) is 67.5 Å². The smallest absolute Gasteiger partial charge is 0.247 e. The van der Waals surface area contributed by atoms with Gasteiger partial charge in [0.25, 0.3) is 0 Å². The summed E-state index contributed by atoms with van der Waals surface area (Å²) in [5, 5.41) is 4.54. The molecular weight excluding hydrogens is 497 g/mol. The van der Waals surface area contributed by atoms with Crippen molar-refractivity contribution >= 4 is 46.6 Å². The van der Waals surface area contributed by atoms with Gasteiger partial charge in [0.2, 0.25) is 11.8 Å². The van der Waals surface area contributed by atoms with Gasteiger partial charge in [0, 0.05) is 41.2 Å². The van der Waals surface area contributed by atoms with Crippen LogP contribution in [0.4, 0.5) is 0 Å². The number of carbonyl (C=O) groups excluding carboxylic acids is 2. The fourth-order valence-corrected chi connectivity index (χ4v) is 4.94. The van der Waals surface area contributed by atoms with Crippen LogP contribution in [0.15, 0.2) is 42.5 Å². The second kappa shape index (κ2) is 10.8. The van der Waals surface area contributed by atoms with Crippen molar-refractivity contribution in [2.75, 3.05) is 39.8 Å². The molecule has 2 aromatic carbocycles. The summed E-state index contributed by atoms with van der Waals surface area (Å²) < 4.78 is 5.87. The topological polar surface area (TPSA) is 61.9 Å². The summed E-state index contributed by atoms with van der Waals surface area (Å²) in [6.45, 7) is 3.10. The van der Waals surface area contributed by atoms with Crippen LogP contribution >= 0.6 is 34.8 Å². The first-order valence-electron chi connectivity index (χ1n) is 11.3. The highest BCUT2D eigenvalue weighted by atomic mass is 35.5. The highest BCUT2D eigenvalue weighted by molar-refractivity contribution is 6.34. The van der Waals surface area contributed by atoms with Crippen LogP contribution in [0, 0.1) is 0 Å². The number of halogens is 3. The van der Waals surface area contributed by atoms with Crippen molar-refractivity contribution in [3.8, 4) is 0 Å². The Balaban J connectivity index is 1.48. The van der Waals surface area contributed by atoms with E-state index >= 15 is 0 Å². The molecule has 9 heteroatoms. The highest BCUT2D eigenvalue weighted by Gasteiger charge is 2.52. The van der Waals surface area contributed by atoms with Crippen molar-refractivity contribution in [1.29, 1.82) is 0 Å². The van der Waals surface area contributed by atoms with Crippen molar-refractivity contribution in [1.82, 2.24) is 15.1 Å². The van der Waals surface area contributed by atoms with E-state index < -0.39 is 11.5 Å². The molecule has 0 radical (unpaired) electrons. The maximum absolute atomic E-state index is 13.4. The minimum atomic E-state index is -0.800. The second-order valence-electron chi connectivity index (χ2n) is 9.00. The lowest BCUT2D eigenvalue weighted by Crippen LogP contribution is -2.56. The van der Waals surface area contributed by atoms with Crippen molar-refractivity contribution in [3.05, 3.63) is 68.7 Å². The molecule has 4 rings (SSSR count). The van der Waals surface area contributed by atoms with E-state index in [1.165, 1.54) is 0 Å². The van der Waals surface area contributed by atoms with E-state index in [2.05, 4.69) is 10.2 Å². The van der Waals surface area contributed by atoms with E-state index in [1.807, 2.05) is 25.2 Å². The van der Waals surface area contributed by atoms with Crippen LogP contribution in [0.1, 0.15) is 24.0 Å². The second-order valence-corrected chi connectivity index (χ2v) is 10.3. The largest absolute Gasteiger partial charge is 0.374 e. The SMILES string of the molecule is CN1CCN(C(=O)[C@H](COCc2ccccc2Cl)NC(=O)C2(c3cc(Cl)cc(Cl)c3)CC2)CC1. The van der Waals surface area contributed by atoms with Gasteiger partial charge in [-0.25, -0.2) is 0 Å². The predicted octanol–water partition coefficient (Wildman–Crippen LogP) is 4.15. The Kier molecular flexibility index (Phi) is 8.05. The first-order chi connectivity index (χ1) is 16.3. The van der Waals surface area contributed by atoms with Gasteiger partial charge in [-0.15, -0.1) is 0 Å². The molecule has 2 aromatic rings. The summed E-state index contributed by atoms with van der Waals surface area (Å²) in [4.78, 5) is 30.8. The Labute approximate surface area is 215 Å². The lowest BCUT2D eigenvalue weighted by atomic mass is 9.94. The molecule has 1 saturated heterocycles. The summed E-state index contributed by atoms with van der Waals surface area (Å²) in [5.41, 5.74) is 0.872. The molecule has 0 bridgehead atoms. The number of carbonyl (C=O) groups is 2. The van der Waals surface area contributed by atoms with Gasteiger partial charge in [0.05, 0.1) is 18.6 Å². The maximum Gasteiger partial charge on any atom is 0.247 e. The molecule has 2 fully saturated rings. The minimum absolute atomic E-state index is 0.0501. The number of likely N-dealkylation sites (N-methyl/N-ethyl adjacent to an activating group) is 1. The summed E-state index contributed by atoms with van der Waals surface area (Å²) >= 11 is 18.6. The van der Waals surface area contributed by atoms with E-state index in [1.54, 1.807) is 29.2 Å². The number of piperazine rings is 1. The number of amides is 2. The Morgan fingerprint density at radius 3 is 2.29 bits per heavy atom. The first-order valence-corrected chi connectivity index (χ1v) is 12.5. The standard InChI is InChI=1S/C25H28Cl3N3O3/c1-30-8-10-31(11-9-30)23(32)22(16-34-15-17-4-2-3-5-21(17)28)29-24(33)25(6-7-25)18-12-19(26)14-20(27)13-18/h2-5,12-14,22H,6-11,15-16H2,1H3,(H,29,33)/t22-/m0/s1. The van der Waals surface area contributed by atoms with Crippen LogP contribution < -0.4 is 5.32 Å². The van der Waals surface area contributed by atoms with Gasteiger partial charge in [-0.2, -0.15) is 0 Å². The first kappa shape index (κ1) is 25.3. The molecule has 2 aliphatic rings. The summed E-state index contributed by atoms with van der Waals surface area (Å²) in [7, 11) is 2.03. The molecule has 1 N–H and O–H groups in total. The van der Waals surface area contributed by atoms with Gasteiger partial charge in [0.15, 0.2) is 0 Å². The van der Waals surface area contributed by atoms with Crippen molar-refractivity contribution in [2.24, 2.45) is 0 Å². The fraction of sp³-hybridized carbons (Fsp3) is 0.440. The zero-order valence-electron chi connectivity index (χ0n) is 19.0. The van der Waals surface area contributed by atoms with E-state index in [9.17, 15) is 9.59 Å². The molecule has 0 unspecified atom stereocenters. The van der Waals surface area contributed by atoms with Gasteiger partial charge < -0.3 is 19.9 Å². The normalized spacial score (nSPS) is 18.4. The molecule has 1 aliphatic heterocycles. The Bertz CT molecular complexity index is 1030. The number of rotatable bonds is 8. The lowest BCUT2D eigenvalue weighted by Gasteiger charge is -2.35. The van der Waals surface area contributed by atoms with Crippen LogP contribution in [-0.2, 0) is 26.3 Å². The van der Waals surface area contributed by atoms with E-state index in [4.69, 9.17) is 39.5 Å². The van der Waals surface area contributed by atoms with E-state index in [0.717, 1.165) is 24.2 Å². The third-order valence-electron chi connectivity index (χ3n) is 6.52. The average Bonchev–Trinajstić information content (AvgIpc) is 3.61. The van der Waals surface area contributed by atoms with Crippen LogP contribution in [0.2, 0.25) is 15.1 Å². The third kappa shape index (κ3) is 5.86. The molecule has 1 saturated carbocycles. The van der Waals surface area contributed by atoms with E-state index in [0.29, 0.717) is 41.0 Å². The Morgan fingerprint density at radius 2 is 1.68 bits per heavy atom. The summed E-state index contributed by atoms with van der Waals surface area (Å²) in [5.74, 6) is -0.347. The molecule has 1 atom stereocenters.